The molecule has 1 N–H and O–H groups in total. The molecule has 0 bridgehead atoms. The summed E-state index contributed by atoms with van der Waals surface area (Å²) in [7, 11) is 0. The van der Waals surface area contributed by atoms with E-state index in [1.165, 1.54) is 40.1 Å². The van der Waals surface area contributed by atoms with E-state index < -0.39 is 29.5 Å². The Hall–Kier alpha value is -3.36. The molecule has 0 spiro atoms. The lowest BCUT2D eigenvalue weighted by Crippen LogP contribution is -2.55. The maximum Gasteiger partial charge on any atom is 0.416 e. The monoisotopic (exact) mass is 447 g/mol. The van der Waals surface area contributed by atoms with Crippen molar-refractivity contribution in [3.05, 3.63) is 70.8 Å². The van der Waals surface area contributed by atoms with Gasteiger partial charge in [0.2, 0.25) is 0 Å². The van der Waals surface area contributed by atoms with Crippen molar-refractivity contribution in [2.75, 3.05) is 13.1 Å². The Morgan fingerprint density at radius 2 is 1.66 bits per heavy atom. The van der Waals surface area contributed by atoms with Crippen LogP contribution in [0.3, 0.4) is 0 Å². The highest BCUT2D eigenvalue weighted by Gasteiger charge is 2.34. The number of hydrogen-bond donors (Lipinski definition) is 1. The van der Waals surface area contributed by atoms with Gasteiger partial charge in [-0.1, -0.05) is 30.3 Å². The van der Waals surface area contributed by atoms with Gasteiger partial charge < -0.3 is 15.1 Å². The minimum Gasteiger partial charge on any atom is -0.348 e. The molecule has 0 atom stereocenters. The fraction of sp³-hybridized carbons (Fsp3) is 0.348. The summed E-state index contributed by atoms with van der Waals surface area (Å²) >= 11 is 0. The minimum atomic E-state index is -4.50. The zero-order valence-electron chi connectivity index (χ0n) is 17.8. The third-order valence-electron chi connectivity index (χ3n) is 5.32. The number of carbonyl (C=O) groups excluding carboxylic acids is 3. The Kier molecular flexibility index (Phi) is 6.86. The van der Waals surface area contributed by atoms with Crippen LogP contribution in [0.25, 0.3) is 0 Å². The van der Waals surface area contributed by atoms with E-state index in [1.54, 1.807) is 12.1 Å². The van der Waals surface area contributed by atoms with E-state index in [1.807, 2.05) is 13.8 Å². The number of benzene rings is 2. The summed E-state index contributed by atoms with van der Waals surface area (Å²) in [5.74, 6) is -1.60. The Morgan fingerprint density at radius 1 is 1.00 bits per heavy atom. The zero-order valence-corrected chi connectivity index (χ0v) is 17.8. The first-order valence-electron chi connectivity index (χ1n) is 10.2. The van der Waals surface area contributed by atoms with Crippen LogP contribution in [0.15, 0.2) is 48.5 Å². The van der Waals surface area contributed by atoms with E-state index >= 15 is 0 Å². The highest BCUT2D eigenvalue weighted by atomic mass is 19.4. The van der Waals surface area contributed by atoms with E-state index in [9.17, 15) is 27.6 Å². The molecule has 1 fully saturated rings. The molecule has 0 saturated carbocycles. The van der Waals surface area contributed by atoms with Gasteiger partial charge in [-0.2, -0.15) is 13.2 Å². The molecule has 2 aromatic rings. The van der Waals surface area contributed by atoms with Gasteiger partial charge in [-0.25, -0.2) is 0 Å². The van der Waals surface area contributed by atoms with Crippen molar-refractivity contribution in [3.8, 4) is 0 Å². The molecule has 3 amide bonds. The van der Waals surface area contributed by atoms with E-state index in [4.69, 9.17) is 0 Å². The molecule has 0 aromatic heterocycles. The van der Waals surface area contributed by atoms with Gasteiger partial charge in [0, 0.05) is 37.8 Å². The largest absolute Gasteiger partial charge is 0.416 e. The molecule has 1 saturated heterocycles. The van der Waals surface area contributed by atoms with Crippen molar-refractivity contribution in [1.82, 2.24) is 15.1 Å². The highest BCUT2D eigenvalue weighted by Crippen LogP contribution is 2.31. The van der Waals surface area contributed by atoms with Crippen LogP contribution in [0.4, 0.5) is 13.2 Å². The molecular formula is C23H24F3N3O3. The first-order valence-corrected chi connectivity index (χ1v) is 10.2. The van der Waals surface area contributed by atoms with Crippen LogP contribution in [0, 0.1) is 0 Å². The topological polar surface area (TPSA) is 69.7 Å². The smallest absolute Gasteiger partial charge is 0.348 e. The quantitative estimate of drug-likeness (QED) is 0.692. The lowest BCUT2D eigenvalue weighted by atomic mass is 10.1. The van der Waals surface area contributed by atoms with E-state index in [-0.39, 0.29) is 30.3 Å². The predicted octanol–water partition coefficient (Wildman–Crippen LogP) is 3.21. The number of carbonyl (C=O) groups is 3. The van der Waals surface area contributed by atoms with E-state index in [0.717, 1.165) is 11.6 Å². The van der Waals surface area contributed by atoms with Crippen LogP contribution in [0.5, 0.6) is 0 Å². The number of piperazine rings is 1. The van der Waals surface area contributed by atoms with Crippen molar-refractivity contribution < 1.29 is 27.6 Å². The van der Waals surface area contributed by atoms with Gasteiger partial charge in [0.15, 0.2) is 0 Å². The molecular weight excluding hydrogens is 423 g/mol. The molecule has 0 unspecified atom stereocenters. The maximum absolute atomic E-state index is 13.1. The van der Waals surface area contributed by atoms with Gasteiger partial charge in [0.25, 0.3) is 5.91 Å². The average Bonchev–Trinajstić information content (AvgIpc) is 2.75. The number of alkyl halides is 3. The van der Waals surface area contributed by atoms with Crippen LogP contribution < -0.4 is 5.32 Å². The third kappa shape index (κ3) is 5.27. The zero-order chi connectivity index (χ0) is 23.5. The van der Waals surface area contributed by atoms with Gasteiger partial charge in [-0.05, 0) is 43.2 Å². The van der Waals surface area contributed by atoms with Crippen LogP contribution >= 0.6 is 0 Å². The number of halogens is 3. The van der Waals surface area contributed by atoms with Crippen LogP contribution in [0.1, 0.15) is 40.9 Å². The number of amides is 3. The third-order valence-corrected chi connectivity index (χ3v) is 5.32. The Morgan fingerprint density at radius 3 is 2.28 bits per heavy atom. The Labute approximate surface area is 184 Å². The molecule has 1 aliphatic heterocycles. The summed E-state index contributed by atoms with van der Waals surface area (Å²) in [5.41, 5.74) is 0.217. The second-order valence-electron chi connectivity index (χ2n) is 7.85. The van der Waals surface area contributed by atoms with Crippen LogP contribution in [-0.4, -0.2) is 46.7 Å². The maximum atomic E-state index is 13.1. The summed E-state index contributed by atoms with van der Waals surface area (Å²) < 4.78 is 39.2. The fourth-order valence-corrected chi connectivity index (χ4v) is 3.54. The van der Waals surface area contributed by atoms with Crippen LogP contribution in [0.2, 0.25) is 0 Å². The molecule has 9 heteroatoms. The second-order valence-corrected chi connectivity index (χ2v) is 7.85. The standard InChI is InChI=1S/C23H24F3N3O3/c1-15(2)29-12-11-28(21(31)22(29)32)14-16-7-9-17(10-8-16)20(30)27-13-18-5-3-4-6-19(18)23(24,25)26/h3-10,15H,11-14H2,1-2H3,(H,27,30). The molecule has 1 aliphatic rings. The van der Waals surface area contributed by atoms with Gasteiger partial charge >= 0.3 is 18.0 Å². The Balaban J connectivity index is 1.60. The van der Waals surface area contributed by atoms with Crippen molar-refractivity contribution in [2.24, 2.45) is 0 Å². The van der Waals surface area contributed by atoms with Crippen LogP contribution in [-0.2, 0) is 28.9 Å². The van der Waals surface area contributed by atoms with Crippen molar-refractivity contribution in [2.45, 2.75) is 39.2 Å². The van der Waals surface area contributed by atoms with Gasteiger partial charge in [0.05, 0.1) is 5.56 Å². The second kappa shape index (κ2) is 9.42. The first-order chi connectivity index (χ1) is 15.1. The molecule has 6 nitrogen and oxygen atoms in total. The summed E-state index contributed by atoms with van der Waals surface area (Å²) in [6.45, 7) is 4.56. The SMILES string of the molecule is CC(C)N1CCN(Cc2ccc(C(=O)NCc3ccccc3C(F)(F)F)cc2)C(=O)C1=O. The lowest BCUT2D eigenvalue weighted by molar-refractivity contribution is -0.157. The molecule has 1 heterocycles. The Bertz CT molecular complexity index is 1000. The molecule has 170 valence electrons. The summed E-state index contributed by atoms with van der Waals surface area (Å²) in [6.07, 6.45) is -4.50. The number of nitrogens with zero attached hydrogens (tertiary/aromatic N) is 2. The minimum absolute atomic E-state index is 0.0197. The number of hydrogen-bond acceptors (Lipinski definition) is 3. The number of rotatable bonds is 6. The highest BCUT2D eigenvalue weighted by molar-refractivity contribution is 6.35. The molecule has 3 rings (SSSR count). The molecule has 32 heavy (non-hydrogen) atoms. The summed E-state index contributed by atoms with van der Waals surface area (Å²) in [5, 5.41) is 2.50. The van der Waals surface area contributed by atoms with Gasteiger partial charge in [0.1, 0.15) is 0 Å². The van der Waals surface area contributed by atoms with Crippen molar-refractivity contribution in [3.63, 3.8) is 0 Å². The van der Waals surface area contributed by atoms with Gasteiger partial charge in [-0.3, -0.25) is 14.4 Å². The van der Waals surface area contributed by atoms with E-state index in [2.05, 4.69) is 5.32 Å². The van der Waals surface area contributed by atoms with E-state index in [0.29, 0.717) is 13.1 Å². The summed E-state index contributed by atoms with van der Waals surface area (Å²) in [4.78, 5) is 39.9. The normalized spacial score (nSPS) is 14.8. The first kappa shape index (κ1) is 23.3. The average molecular weight is 447 g/mol. The van der Waals surface area contributed by atoms with Crippen molar-refractivity contribution >= 4 is 17.7 Å². The van der Waals surface area contributed by atoms with Gasteiger partial charge in [-0.15, -0.1) is 0 Å². The number of nitrogens with one attached hydrogen (secondary N) is 1. The van der Waals surface area contributed by atoms with Crippen molar-refractivity contribution in [1.29, 1.82) is 0 Å². The summed E-state index contributed by atoms with van der Waals surface area (Å²) in [6, 6.07) is 11.4. The fourth-order valence-electron chi connectivity index (χ4n) is 3.54. The lowest BCUT2D eigenvalue weighted by Gasteiger charge is -2.36. The molecule has 0 aliphatic carbocycles. The molecule has 2 aromatic carbocycles. The molecule has 0 radical (unpaired) electrons. The predicted molar refractivity (Wildman–Crippen MR) is 111 cm³/mol.